The highest BCUT2D eigenvalue weighted by Crippen LogP contribution is 2.42. The lowest BCUT2D eigenvalue weighted by Crippen LogP contribution is -1.87. The van der Waals surface area contributed by atoms with E-state index in [0.29, 0.717) is 0 Å². The third kappa shape index (κ3) is 2.83. The van der Waals surface area contributed by atoms with Crippen LogP contribution in [0.3, 0.4) is 0 Å². The average molecular weight is 442 g/mol. The van der Waals surface area contributed by atoms with Crippen molar-refractivity contribution in [2.75, 3.05) is 7.11 Å². The van der Waals surface area contributed by atoms with E-state index in [1.165, 1.54) is 41.7 Å². The van der Waals surface area contributed by atoms with Crippen LogP contribution < -0.4 is 4.74 Å². The number of benzene rings is 5. The summed E-state index contributed by atoms with van der Waals surface area (Å²) in [6.45, 7) is 0. The summed E-state index contributed by atoms with van der Waals surface area (Å²) in [5, 5.41) is 8.95. The van der Waals surface area contributed by atoms with Gasteiger partial charge in [0.15, 0.2) is 0 Å². The van der Waals surface area contributed by atoms with Gasteiger partial charge in [-0.15, -0.1) is 11.3 Å². The van der Waals surface area contributed by atoms with E-state index in [4.69, 9.17) is 9.72 Å². The molecule has 0 aliphatic carbocycles. The molecule has 0 amide bonds. The molecule has 156 valence electrons. The van der Waals surface area contributed by atoms with Crippen LogP contribution in [0.1, 0.15) is 0 Å². The fourth-order valence-electron chi connectivity index (χ4n) is 4.91. The molecule has 0 N–H and O–H groups in total. The molecule has 0 saturated carbocycles. The lowest BCUT2D eigenvalue weighted by Gasteiger charge is -2.07. The number of pyridine rings is 1. The van der Waals surface area contributed by atoms with Gasteiger partial charge in [0, 0.05) is 37.2 Å². The maximum absolute atomic E-state index is 5.40. The summed E-state index contributed by atoms with van der Waals surface area (Å²) in [4.78, 5) is 4.96. The van der Waals surface area contributed by atoms with Gasteiger partial charge >= 0.3 is 0 Å². The first-order chi connectivity index (χ1) is 16.3. The van der Waals surface area contributed by atoms with E-state index in [9.17, 15) is 0 Å². The van der Waals surface area contributed by atoms with Crippen molar-refractivity contribution in [3.63, 3.8) is 0 Å². The Balaban J connectivity index is 1.53. The standard InChI is InChI=1S/C30H19NOS/c1-32-22-12-8-19-9-13-25(31-26(19)17-22)21-11-14-27-24(16-21)30-28(33-27)15-10-20-7-6-18-4-2-3-5-23(18)29(20)30/h2-17H,1H3. The van der Waals surface area contributed by atoms with Gasteiger partial charge in [-0.1, -0.05) is 54.6 Å². The Morgan fingerprint density at radius 2 is 1.42 bits per heavy atom. The number of hydrogen-bond acceptors (Lipinski definition) is 3. The van der Waals surface area contributed by atoms with Gasteiger partial charge in [0.1, 0.15) is 5.75 Å². The quantitative estimate of drug-likeness (QED) is 0.251. The summed E-state index contributed by atoms with van der Waals surface area (Å²) in [5.41, 5.74) is 3.05. The molecule has 2 aromatic heterocycles. The molecule has 0 bridgehead atoms. The average Bonchev–Trinajstić information content (AvgIpc) is 3.25. The van der Waals surface area contributed by atoms with Gasteiger partial charge in [0.2, 0.25) is 0 Å². The van der Waals surface area contributed by atoms with Gasteiger partial charge in [0.25, 0.3) is 0 Å². The Labute approximate surface area is 194 Å². The topological polar surface area (TPSA) is 22.1 Å². The molecule has 0 spiro atoms. The van der Waals surface area contributed by atoms with Gasteiger partial charge in [-0.05, 0) is 57.9 Å². The molecule has 0 aliphatic heterocycles. The van der Waals surface area contributed by atoms with E-state index >= 15 is 0 Å². The molecule has 5 aromatic carbocycles. The second-order valence-electron chi connectivity index (χ2n) is 8.39. The van der Waals surface area contributed by atoms with Crippen molar-refractivity contribution in [2.45, 2.75) is 0 Å². The highest BCUT2D eigenvalue weighted by Gasteiger charge is 2.13. The van der Waals surface area contributed by atoms with Crippen molar-refractivity contribution in [3.8, 4) is 17.0 Å². The normalized spacial score (nSPS) is 11.8. The van der Waals surface area contributed by atoms with Crippen molar-refractivity contribution in [1.82, 2.24) is 4.98 Å². The molecule has 7 aromatic rings. The zero-order valence-electron chi connectivity index (χ0n) is 18.0. The fourth-order valence-corrected chi connectivity index (χ4v) is 6.00. The summed E-state index contributed by atoms with van der Waals surface area (Å²) in [7, 11) is 1.69. The second-order valence-corrected chi connectivity index (χ2v) is 9.48. The molecule has 3 heteroatoms. The van der Waals surface area contributed by atoms with Crippen LogP contribution in [0.2, 0.25) is 0 Å². The minimum atomic E-state index is 0.824. The molecule has 0 fully saturated rings. The van der Waals surface area contributed by atoms with Gasteiger partial charge < -0.3 is 4.74 Å². The molecule has 0 unspecified atom stereocenters. The van der Waals surface area contributed by atoms with Gasteiger partial charge in [0.05, 0.1) is 18.3 Å². The van der Waals surface area contributed by atoms with Crippen LogP contribution in [0, 0.1) is 0 Å². The molecule has 2 heterocycles. The summed E-state index contributed by atoms with van der Waals surface area (Å²) in [6.07, 6.45) is 0. The molecule has 0 radical (unpaired) electrons. The van der Waals surface area contributed by atoms with E-state index in [-0.39, 0.29) is 0 Å². The van der Waals surface area contributed by atoms with Crippen molar-refractivity contribution < 1.29 is 4.74 Å². The number of hydrogen-bond donors (Lipinski definition) is 0. The van der Waals surface area contributed by atoms with E-state index < -0.39 is 0 Å². The molecule has 7 rings (SSSR count). The Kier molecular flexibility index (Phi) is 3.96. The van der Waals surface area contributed by atoms with E-state index in [0.717, 1.165) is 27.9 Å². The molecular formula is C30H19NOS. The first kappa shape index (κ1) is 18.6. The number of aromatic nitrogens is 1. The maximum atomic E-state index is 5.40. The van der Waals surface area contributed by atoms with E-state index in [1.54, 1.807) is 7.11 Å². The Bertz CT molecular complexity index is 1870. The van der Waals surface area contributed by atoms with Crippen molar-refractivity contribution >= 4 is 64.0 Å². The predicted octanol–water partition coefficient (Wildman–Crippen LogP) is 8.58. The Hall–Kier alpha value is -3.95. The van der Waals surface area contributed by atoms with Gasteiger partial charge in [-0.25, -0.2) is 4.98 Å². The fraction of sp³-hybridized carbons (Fsp3) is 0.0333. The lowest BCUT2D eigenvalue weighted by molar-refractivity contribution is 0.415. The van der Waals surface area contributed by atoms with Crippen LogP contribution in [-0.2, 0) is 0 Å². The zero-order valence-corrected chi connectivity index (χ0v) is 18.8. The zero-order chi connectivity index (χ0) is 21.9. The van der Waals surface area contributed by atoms with Crippen molar-refractivity contribution in [1.29, 1.82) is 0 Å². The van der Waals surface area contributed by atoms with Crippen LogP contribution in [0.15, 0.2) is 97.1 Å². The van der Waals surface area contributed by atoms with Crippen LogP contribution in [0.5, 0.6) is 5.75 Å². The van der Waals surface area contributed by atoms with Crippen LogP contribution in [0.25, 0.3) is 63.9 Å². The summed E-state index contributed by atoms with van der Waals surface area (Å²) < 4.78 is 8.02. The minimum Gasteiger partial charge on any atom is -0.497 e. The largest absolute Gasteiger partial charge is 0.497 e. The summed E-state index contributed by atoms with van der Waals surface area (Å²) in [6, 6.07) is 34.6. The number of nitrogens with zero attached hydrogens (tertiary/aromatic N) is 1. The Morgan fingerprint density at radius 1 is 0.636 bits per heavy atom. The highest BCUT2D eigenvalue weighted by atomic mass is 32.1. The first-order valence-corrected chi connectivity index (χ1v) is 11.8. The number of methoxy groups -OCH3 is 1. The predicted molar refractivity (Wildman–Crippen MR) is 142 cm³/mol. The van der Waals surface area contributed by atoms with E-state index in [2.05, 4.69) is 84.9 Å². The minimum absolute atomic E-state index is 0.824. The monoisotopic (exact) mass is 441 g/mol. The summed E-state index contributed by atoms with van der Waals surface area (Å²) in [5.74, 6) is 0.824. The molecule has 0 saturated heterocycles. The molecule has 33 heavy (non-hydrogen) atoms. The maximum Gasteiger partial charge on any atom is 0.121 e. The molecule has 0 aliphatic rings. The first-order valence-electron chi connectivity index (χ1n) is 11.0. The molecule has 2 nitrogen and oxygen atoms in total. The Morgan fingerprint density at radius 3 is 2.36 bits per heavy atom. The number of thiophene rings is 1. The number of fused-ring (bicyclic) bond motifs is 8. The third-order valence-electron chi connectivity index (χ3n) is 6.54. The van der Waals surface area contributed by atoms with Crippen LogP contribution in [0.4, 0.5) is 0 Å². The SMILES string of the molecule is COc1ccc2ccc(-c3ccc4sc5ccc6ccc7ccccc7c6c5c4c3)nc2c1. The lowest BCUT2D eigenvalue weighted by atomic mass is 9.97. The molecule has 0 atom stereocenters. The van der Waals surface area contributed by atoms with Crippen LogP contribution in [-0.4, -0.2) is 12.1 Å². The number of rotatable bonds is 2. The smallest absolute Gasteiger partial charge is 0.121 e. The highest BCUT2D eigenvalue weighted by molar-refractivity contribution is 7.26. The third-order valence-corrected chi connectivity index (χ3v) is 7.67. The summed E-state index contributed by atoms with van der Waals surface area (Å²) >= 11 is 1.86. The molecular weight excluding hydrogens is 422 g/mol. The van der Waals surface area contributed by atoms with Crippen molar-refractivity contribution in [3.05, 3.63) is 97.1 Å². The van der Waals surface area contributed by atoms with Crippen LogP contribution >= 0.6 is 11.3 Å². The van der Waals surface area contributed by atoms with Crippen molar-refractivity contribution in [2.24, 2.45) is 0 Å². The van der Waals surface area contributed by atoms with Gasteiger partial charge in [-0.2, -0.15) is 0 Å². The number of ether oxygens (including phenoxy) is 1. The van der Waals surface area contributed by atoms with E-state index in [1.807, 2.05) is 23.5 Å². The van der Waals surface area contributed by atoms with Gasteiger partial charge in [-0.3, -0.25) is 0 Å². The second kappa shape index (κ2) is 7.03.